The number of aryl methyl sites for hydroxylation is 1. The van der Waals surface area contributed by atoms with Gasteiger partial charge in [0.2, 0.25) is 0 Å². The van der Waals surface area contributed by atoms with Gasteiger partial charge in [-0.1, -0.05) is 0 Å². The number of carbonyl (C=O) groups is 1. The summed E-state index contributed by atoms with van der Waals surface area (Å²) in [5.41, 5.74) is 0.654. The average molecular weight is 265 g/mol. The van der Waals surface area contributed by atoms with Crippen molar-refractivity contribution in [2.24, 2.45) is 0 Å². The highest BCUT2D eigenvalue weighted by atomic mass is 16.5. The first-order valence-electron chi connectivity index (χ1n) is 6.72. The number of carbonyl (C=O) groups excluding carboxylic acids is 1. The standard InChI is InChI=1S/C14H19NO4/c1-9-10(4-7-18-9)14(16)15-6-3-12(17-2)13-11(15)5-8-19-13/h4,7,11-13H,3,5-6,8H2,1-2H3/t11-,12-,13-/m1/s1. The third-order valence-corrected chi connectivity index (χ3v) is 4.18. The molecule has 0 aromatic carbocycles. The van der Waals surface area contributed by atoms with Gasteiger partial charge >= 0.3 is 0 Å². The van der Waals surface area contributed by atoms with Gasteiger partial charge in [0.15, 0.2) is 0 Å². The first-order valence-corrected chi connectivity index (χ1v) is 6.72. The summed E-state index contributed by atoms with van der Waals surface area (Å²) in [4.78, 5) is 14.5. The van der Waals surface area contributed by atoms with Gasteiger partial charge in [-0.3, -0.25) is 4.79 Å². The van der Waals surface area contributed by atoms with Gasteiger partial charge in [0.05, 0.1) is 24.0 Å². The molecule has 1 amide bonds. The molecule has 2 saturated heterocycles. The third kappa shape index (κ3) is 2.07. The molecule has 0 unspecified atom stereocenters. The lowest BCUT2D eigenvalue weighted by Gasteiger charge is -2.40. The molecular weight excluding hydrogens is 246 g/mol. The molecule has 0 saturated carbocycles. The van der Waals surface area contributed by atoms with E-state index in [0.29, 0.717) is 24.5 Å². The van der Waals surface area contributed by atoms with Crippen LogP contribution in [0.15, 0.2) is 16.7 Å². The molecule has 3 rings (SSSR count). The summed E-state index contributed by atoms with van der Waals surface area (Å²) in [6.45, 7) is 3.23. The van der Waals surface area contributed by atoms with Gasteiger partial charge in [-0.05, 0) is 25.8 Å². The van der Waals surface area contributed by atoms with Crippen LogP contribution in [0, 0.1) is 6.92 Å². The van der Waals surface area contributed by atoms with Crippen molar-refractivity contribution >= 4 is 5.91 Å². The second kappa shape index (κ2) is 4.98. The predicted molar refractivity (Wildman–Crippen MR) is 68.0 cm³/mol. The zero-order valence-corrected chi connectivity index (χ0v) is 11.3. The lowest BCUT2D eigenvalue weighted by molar-refractivity contribution is -0.0754. The van der Waals surface area contributed by atoms with E-state index < -0.39 is 0 Å². The van der Waals surface area contributed by atoms with E-state index in [4.69, 9.17) is 13.9 Å². The Morgan fingerprint density at radius 3 is 3.00 bits per heavy atom. The van der Waals surface area contributed by atoms with Gasteiger partial charge in [-0.15, -0.1) is 0 Å². The molecule has 0 radical (unpaired) electrons. The van der Waals surface area contributed by atoms with Gasteiger partial charge in [0.25, 0.3) is 5.91 Å². The van der Waals surface area contributed by atoms with Crippen molar-refractivity contribution in [3.63, 3.8) is 0 Å². The zero-order chi connectivity index (χ0) is 13.4. The van der Waals surface area contributed by atoms with Crippen molar-refractivity contribution in [3.05, 3.63) is 23.7 Å². The monoisotopic (exact) mass is 265 g/mol. The molecule has 3 heterocycles. The Morgan fingerprint density at radius 1 is 1.47 bits per heavy atom. The van der Waals surface area contributed by atoms with Crippen LogP contribution in [0.3, 0.4) is 0 Å². The number of ether oxygens (including phenoxy) is 2. The summed E-state index contributed by atoms with van der Waals surface area (Å²) in [7, 11) is 1.71. The summed E-state index contributed by atoms with van der Waals surface area (Å²) in [6.07, 6.45) is 3.37. The number of hydrogen-bond acceptors (Lipinski definition) is 4. The van der Waals surface area contributed by atoms with Crippen LogP contribution in [0.4, 0.5) is 0 Å². The van der Waals surface area contributed by atoms with Crippen molar-refractivity contribution < 1.29 is 18.7 Å². The van der Waals surface area contributed by atoms with E-state index in [1.165, 1.54) is 0 Å². The highest BCUT2D eigenvalue weighted by Crippen LogP contribution is 2.31. The lowest BCUT2D eigenvalue weighted by atomic mass is 9.95. The molecule has 3 atom stereocenters. The summed E-state index contributed by atoms with van der Waals surface area (Å²) in [5, 5.41) is 0. The molecule has 0 spiro atoms. The number of fused-ring (bicyclic) bond motifs is 1. The van der Waals surface area contributed by atoms with E-state index in [-0.39, 0.29) is 24.2 Å². The van der Waals surface area contributed by atoms with Crippen molar-refractivity contribution in [3.8, 4) is 0 Å². The molecule has 2 fully saturated rings. The Morgan fingerprint density at radius 2 is 2.32 bits per heavy atom. The topological polar surface area (TPSA) is 51.9 Å². The third-order valence-electron chi connectivity index (χ3n) is 4.18. The van der Waals surface area contributed by atoms with Gasteiger partial charge in [-0.25, -0.2) is 0 Å². The maximum Gasteiger partial charge on any atom is 0.257 e. The number of likely N-dealkylation sites (tertiary alicyclic amines) is 1. The number of piperidine rings is 1. The maximum absolute atomic E-state index is 12.6. The number of hydrogen-bond donors (Lipinski definition) is 0. The fourth-order valence-corrected chi connectivity index (χ4v) is 3.15. The minimum absolute atomic E-state index is 0.00917. The van der Waals surface area contributed by atoms with Crippen LogP contribution in [0.2, 0.25) is 0 Å². The average Bonchev–Trinajstić information content (AvgIpc) is 3.05. The predicted octanol–water partition coefficient (Wildman–Crippen LogP) is 1.61. The highest BCUT2D eigenvalue weighted by molar-refractivity contribution is 5.95. The molecule has 2 aliphatic heterocycles. The molecule has 0 bridgehead atoms. The largest absolute Gasteiger partial charge is 0.469 e. The summed E-state index contributed by atoms with van der Waals surface area (Å²) in [6, 6.07) is 1.87. The number of methoxy groups -OCH3 is 1. The molecule has 5 nitrogen and oxygen atoms in total. The Balaban J connectivity index is 1.82. The van der Waals surface area contributed by atoms with E-state index in [1.54, 1.807) is 19.4 Å². The number of furan rings is 1. The molecule has 0 aliphatic carbocycles. The maximum atomic E-state index is 12.6. The molecule has 1 aromatic rings. The summed E-state index contributed by atoms with van der Waals surface area (Å²) >= 11 is 0. The molecule has 19 heavy (non-hydrogen) atoms. The van der Waals surface area contributed by atoms with Crippen molar-refractivity contribution in [1.82, 2.24) is 4.90 Å². The van der Waals surface area contributed by atoms with E-state index in [9.17, 15) is 4.79 Å². The van der Waals surface area contributed by atoms with Crippen molar-refractivity contribution in [2.45, 2.75) is 38.0 Å². The smallest absolute Gasteiger partial charge is 0.257 e. The SMILES string of the molecule is CO[C@@H]1CCN(C(=O)c2ccoc2C)[C@@H]2CCO[C@H]21. The van der Waals surface area contributed by atoms with Crippen LogP contribution in [-0.2, 0) is 9.47 Å². The van der Waals surface area contributed by atoms with Crippen molar-refractivity contribution in [1.29, 1.82) is 0 Å². The van der Waals surface area contributed by atoms with Crippen LogP contribution in [-0.4, -0.2) is 49.3 Å². The Hall–Kier alpha value is -1.33. The number of nitrogens with zero attached hydrogens (tertiary/aromatic N) is 1. The quantitative estimate of drug-likeness (QED) is 0.815. The van der Waals surface area contributed by atoms with Gasteiger partial charge in [-0.2, -0.15) is 0 Å². The van der Waals surface area contributed by atoms with E-state index in [1.807, 2.05) is 11.8 Å². The van der Waals surface area contributed by atoms with E-state index in [2.05, 4.69) is 0 Å². The van der Waals surface area contributed by atoms with Gasteiger partial charge in [0.1, 0.15) is 11.9 Å². The highest BCUT2D eigenvalue weighted by Gasteiger charge is 2.44. The Bertz CT molecular complexity index is 470. The molecular formula is C14H19NO4. The summed E-state index contributed by atoms with van der Waals surface area (Å²) < 4.78 is 16.4. The Labute approximate surface area is 112 Å². The molecule has 0 N–H and O–H groups in total. The van der Waals surface area contributed by atoms with Gasteiger partial charge in [0, 0.05) is 20.3 Å². The minimum atomic E-state index is 0.00917. The first kappa shape index (κ1) is 12.7. The molecule has 104 valence electrons. The minimum Gasteiger partial charge on any atom is -0.469 e. The fourth-order valence-electron chi connectivity index (χ4n) is 3.15. The van der Waals surface area contributed by atoms with Crippen molar-refractivity contribution in [2.75, 3.05) is 20.3 Å². The molecule has 5 heteroatoms. The van der Waals surface area contributed by atoms with Crippen LogP contribution in [0.1, 0.15) is 29.0 Å². The number of amides is 1. The van der Waals surface area contributed by atoms with Crippen LogP contribution in [0.5, 0.6) is 0 Å². The second-order valence-electron chi connectivity index (χ2n) is 5.14. The van der Waals surface area contributed by atoms with Crippen LogP contribution >= 0.6 is 0 Å². The second-order valence-corrected chi connectivity index (χ2v) is 5.14. The molecule has 1 aromatic heterocycles. The zero-order valence-electron chi connectivity index (χ0n) is 11.3. The van der Waals surface area contributed by atoms with E-state index in [0.717, 1.165) is 12.8 Å². The normalized spacial score (nSPS) is 30.4. The number of rotatable bonds is 2. The van der Waals surface area contributed by atoms with Crippen LogP contribution in [0.25, 0.3) is 0 Å². The lowest BCUT2D eigenvalue weighted by Crippen LogP contribution is -2.55. The first-order chi connectivity index (χ1) is 9.22. The Kier molecular flexibility index (Phi) is 3.33. The van der Waals surface area contributed by atoms with Gasteiger partial charge < -0.3 is 18.8 Å². The van der Waals surface area contributed by atoms with Crippen LogP contribution < -0.4 is 0 Å². The fraction of sp³-hybridized carbons (Fsp3) is 0.643. The van der Waals surface area contributed by atoms with E-state index >= 15 is 0 Å². The summed E-state index contributed by atoms with van der Waals surface area (Å²) in [5.74, 6) is 0.718. The molecule has 2 aliphatic rings.